The Morgan fingerprint density at radius 2 is 2.05 bits per heavy atom. The van der Waals surface area contributed by atoms with Crippen LogP contribution in [-0.2, 0) is 0 Å². The molecule has 6 nitrogen and oxygen atoms in total. The summed E-state index contributed by atoms with van der Waals surface area (Å²) < 4.78 is 0. The summed E-state index contributed by atoms with van der Waals surface area (Å²) in [5, 5.41) is 16.6. The summed E-state index contributed by atoms with van der Waals surface area (Å²) in [5.41, 5.74) is 0.130. The Labute approximate surface area is 129 Å². The third-order valence-corrected chi connectivity index (χ3v) is 3.76. The van der Waals surface area contributed by atoms with Gasteiger partial charge in [-0.15, -0.1) is 0 Å². The number of hydrogen-bond acceptors (Lipinski definition) is 4. The molecule has 1 aromatic rings. The van der Waals surface area contributed by atoms with Gasteiger partial charge < -0.3 is 10.6 Å². The quantitative estimate of drug-likeness (QED) is 0.622. The molecule has 1 rings (SSSR count). The predicted octanol–water partition coefficient (Wildman–Crippen LogP) is 3.46. The van der Waals surface area contributed by atoms with Crippen LogP contribution in [0.3, 0.4) is 0 Å². The number of nitrogens with zero attached hydrogens (tertiary/aromatic N) is 1. The fraction of sp³-hybridized carbons (Fsp3) is 0.500. The molecule has 0 radical (unpaired) electrons. The van der Waals surface area contributed by atoms with E-state index in [1.807, 2.05) is 20.8 Å². The van der Waals surface area contributed by atoms with Crippen molar-refractivity contribution in [3.05, 3.63) is 32.8 Å². The molecule has 0 saturated heterocycles. The smallest absolute Gasteiger partial charge is 0.294 e. The number of carbonyl (C=O) groups is 1. The number of anilines is 1. The minimum absolute atomic E-state index is 0.0314. The van der Waals surface area contributed by atoms with Crippen LogP contribution in [0.2, 0.25) is 5.02 Å². The first-order valence-electron chi connectivity index (χ1n) is 6.65. The number of rotatable bonds is 6. The van der Waals surface area contributed by atoms with Gasteiger partial charge >= 0.3 is 0 Å². The number of hydrogen-bond donors (Lipinski definition) is 2. The second-order valence-electron chi connectivity index (χ2n) is 5.56. The number of benzene rings is 1. The summed E-state index contributed by atoms with van der Waals surface area (Å²) in [7, 11) is 1.54. The van der Waals surface area contributed by atoms with Crippen molar-refractivity contribution < 1.29 is 9.72 Å². The molecule has 0 aliphatic heterocycles. The van der Waals surface area contributed by atoms with Crippen LogP contribution in [0.5, 0.6) is 0 Å². The lowest BCUT2D eigenvalue weighted by molar-refractivity contribution is -0.383. The molecule has 1 aromatic carbocycles. The highest BCUT2D eigenvalue weighted by Crippen LogP contribution is 2.33. The van der Waals surface area contributed by atoms with Gasteiger partial charge in [0.2, 0.25) is 0 Å². The maximum Gasteiger partial charge on any atom is 0.294 e. The maximum absolute atomic E-state index is 12.1. The van der Waals surface area contributed by atoms with Crippen molar-refractivity contribution in [2.45, 2.75) is 27.2 Å². The van der Waals surface area contributed by atoms with Crippen molar-refractivity contribution >= 4 is 28.9 Å². The molecule has 0 aromatic heterocycles. The van der Waals surface area contributed by atoms with Gasteiger partial charge in [-0.05, 0) is 17.9 Å². The van der Waals surface area contributed by atoms with Gasteiger partial charge in [-0.1, -0.05) is 32.4 Å². The Kier molecular flexibility index (Phi) is 5.54. The molecule has 0 heterocycles. The normalized spacial score (nSPS) is 11.1. The Morgan fingerprint density at radius 1 is 1.43 bits per heavy atom. The maximum atomic E-state index is 12.1. The summed E-state index contributed by atoms with van der Waals surface area (Å²) >= 11 is 5.99. The highest BCUT2D eigenvalue weighted by Gasteiger charge is 2.22. The van der Waals surface area contributed by atoms with Gasteiger partial charge in [-0.25, -0.2) is 0 Å². The molecule has 0 bridgehead atoms. The lowest BCUT2D eigenvalue weighted by atomic mass is 9.90. The van der Waals surface area contributed by atoms with Crippen molar-refractivity contribution in [2.24, 2.45) is 5.41 Å². The Morgan fingerprint density at radius 3 is 2.52 bits per heavy atom. The minimum atomic E-state index is -0.565. The third-order valence-electron chi connectivity index (χ3n) is 3.46. The van der Waals surface area contributed by atoms with E-state index in [1.54, 1.807) is 0 Å². The van der Waals surface area contributed by atoms with E-state index in [-0.39, 0.29) is 33.3 Å². The van der Waals surface area contributed by atoms with E-state index in [2.05, 4.69) is 10.6 Å². The first-order valence-corrected chi connectivity index (χ1v) is 7.03. The summed E-state index contributed by atoms with van der Waals surface area (Å²) in [6.07, 6.45) is 0.910. The molecule has 0 atom stereocenters. The number of nitrogens with one attached hydrogen (secondary N) is 2. The molecule has 0 spiro atoms. The van der Waals surface area contributed by atoms with Gasteiger partial charge in [0.1, 0.15) is 5.69 Å². The molecular formula is C14H20ClN3O3. The molecule has 0 unspecified atom stereocenters. The lowest BCUT2D eigenvalue weighted by Gasteiger charge is -2.22. The second kappa shape index (κ2) is 6.76. The highest BCUT2D eigenvalue weighted by atomic mass is 35.5. The monoisotopic (exact) mass is 313 g/mol. The molecule has 0 aliphatic carbocycles. The van der Waals surface area contributed by atoms with Crippen LogP contribution >= 0.6 is 11.6 Å². The first-order chi connectivity index (χ1) is 9.71. The number of nitro groups is 1. The summed E-state index contributed by atoms with van der Waals surface area (Å²) in [6.45, 7) is 6.59. The number of amides is 1. The van der Waals surface area contributed by atoms with Gasteiger partial charge in [-0.2, -0.15) is 0 Å². The van der Waals surface area contributed by atoms with E-state index >= 15 is 0 Å². The van der Waals surface area contributed by atoms with Gasteiger partial charge in [0.05, 0.1) is 9.95 Å². The topological polar surface area (TPSA) is 84.3 Å². The van der Waals surface area contributed by atoms with Crippen LogP contribution in [0.1, 0.15) is 37.6 Å². The Bertz CT molecular complexity index is 559. The summed E-state index contributed by atoms with van der Waals surface area (Å²) in [5.74, 6) is -0.371. The van der Waals surface area contributed by atoms with Crippen molar-refractivity contribution in [3.8, 4) is 0 Å². The van der Waals surface area contributed by atoms with Crippen LogP contribution in [0.25, 0.3) is 0 Å². The largest absolute Gasteiger partial charge is 0.381 e. The molecule has 0 saturated carbocycles. The molecule has 2 N–H and O–H groups in total. The third kappa shape index (κ3) is 4.32. The SMILES string of the molecule is CCC(C)(C)CNC(=O)c1cc(Cl)c(NC)c([N+](=O)[O-])c1. The zero-order valence-electron chi connectivity index (χ0n) is 12.6. The average molecular weight is 314 g/mol. The number of nitro benzene ring substituents is 1. The zero-order valence-corrected chi connectivity index (χ0v) is 13.4. The van der Waals surface area contributed by atoms with Crippen molar-refractivity contribution in [3.63, 3.8) is 0 Å². The molecule has 1 amide bonds. The minimum Gasteiger partial charge on any atom is -0.381 e. The van der Waals surface area contributed by atoms with Crippen LogP contribution in [0.15, 0.2) is 12.1 Å². The van der Waals surface area contributed by atoms with Gasteiger partial charge in [0.25, 0.3) is 11.6 Å². The predicted molar refractivity (Wildman–Crippen MR) is 84.1 cm³/mol. The van der Waals surface area contributed by atoms with E-state index in [0.29, 0.717) is 6.54 Å². The highest BCUT2D eigenvalue weighted by molar-refractivity contribution is 6.34. The van der Waals surface area contributed by atoms with Gasteiger partial charge in [-0.3, -0.25) is 14.9 Å². The molecule has 116 valence electrons. The van der Waals surface area contributed by atoms with Crippen LogP contribution < -0.4 is 10.6 Å². The Balaban J connectivity index is 3.03. The van der Waals surface area contributed by atoms with E-state index in [1.165, 1.54) is 19.2 Å². The first kappa shape index (κ1) is 17.2. The lowest BCUT2D eigenvalue weighted by Crippen LogP contribution is -2.33. The van der Waals surface area contributed by atoms with Crippen LogP contribution in [0.4, 0.5) is 11.4 Å². The van der Waals surface area contributed by atoms with Crippen molar-refractivity contribution in [1.29, 1.82) is 0 Å². The van der Waals surface area contributed by atoms with E-state index in [0.717, 1.165) is 6.42 Å². The molecule has 0 aliphatic rings. The zero-order chi connectivity index (χ0) is 16.2. The molecule has 21 heavy (non-hydrogen) atoms. The summed E-state index contributed by atoms with van der Waals surface area (Å²) in [6, 6.07) is 2.65. The van der Waals surface area contributed by atoms with Crippen molar-refractivity contribution in [2.75, 3.05) is 18.9 Å². The fourth-order valence-corrected chi connectivity index (χ4v) is 1.97. The van der Waals surface area contributed by atoms with E-state index in [9.17, 15) is 14.9 Å². The number of halogens is 1. The average Bonchev–Trinajstić information content (AvgIpc) is 2.43. The summed E-state index contributed by atoms with van der Waals surface area (Å²) in [4.78, 5) is 22.6. The van der Waals surface area contributed by atoms with E-state index in [4.69, 9.17) is 11.6 Å². The van der Waals surface area contributed by atoms with Crippen LogP contribution in [0, 0.1) is 15.5 Å². The standard InChI is InChI=1S/C14H20ClN3O3/c1-5-14(2,3)8-17-13(19)9-6-10(15)12(16-4)11(7-9)18(20)21/h6-7,16H,5,8H2,1-4H3,(H,17,19). The second-order valence-corrected chi connectivity index (χ2v) is 5.97. The number of carbonyl (C=O) groups excluding carboxylic acids is 1. The van der Waals surface area contributed by atoms with Gasteiger partial charge in [0, 0.05) is 25.2 Å². The van der Waals surface area contributed by atoms with Gasteiger partial charge in [0.15, 0.2) is 0 Å². The molecule has 0 fully saturated rings. The van der Waals surface area contributed by atoms with Crippen LogP contribution in [-0.4, -0.2) is 24.4 Å². The van der Waals surface area contributed by atoms with Crippen molar-refractivity contribution in [1.82, 2.24) is 5.32 Å². The Hall–Kier alpha value is -1.82. The molecular weight excluding hydrogens is 294 g/mol. The molecule has 7 heteroatoms. The van der Waals surface area contributed by atoms with E-state index < -0.39 is 4.92 Å². The fourth-order valence-electron chi connectivity index (χ4n) is 1.66.